The van der Waals surface area contributed by atoms with Gasteiger partial charge in [-0.3, -0.25) is 4.90 Å². The highest BCUT2D eigenvalue weighted by atomic mass is 15.2. The first kappa shape index (κ1) is 11.4. The van der Waals surface area contributed by atoms with Crippen LogP contribution in [-0.2, 0) is 6.54 Å². The second-order valence-corrected chi connectivity index (χ2v) is 4.88. The van der Waals surface area contributed by atoms with E-state index in [0.717, 1.165) is 18.2 Å². The van der Waals surface area contributed by atoms with Crippen LogP contribution in [-0.4, -0.2) is 22.5 Å². The maximum Gasteiger partial charge on any atom is 0.123 e. The Morgan fingerprint density at radius 1 is 1.44 bits per heavy atom. The van der Waals surface area contributed by atoms with Crippen molar-refractivity contribution >= 4 is 5.82 Å². The molecule has 0 amide bonds. The summed E-state index contributed by atoms with van der Waals surface area (Å²) in [6.07, 6.45) is 2.65. The van der Waals surface area contributed by atoms with Crippen molar-refractivity contribution in [3.05, 3.63) is 23.9 Å². The average Bonchev–Trinajstić information content (AvgIpc) is 2.25. The number of hydrogen-bond acceptors (Lipinski definition) is 3. The average molecular weight is 219 g/mol. The molecule has 2 rings (SSSR count). The van der Waals surface area contributed by atoms with E-state index < -0.39 is 0 Å². The first-order chi connectivity index (χ1) is 7.66. The number of rotatable bonds is 2. The number of pyridine rings is 1. The molecule has 1 aliphatic rings. The van der Waals surface area contributed by atoms with E-state index in [1.54, 1.807) is 0 Å². The number of aromatic nitrogens is 1. The lowest BCUT2D eigenvalue weighted by Crippen LogP contribution is -2.41. The van der Waals surface area contributed by atoms with Gasteiger partial charge in [0.15, 0.2) is 0 Å². The molecule has 0 radical (unpaired) electrons. The summed E-state index contributed by atoms with van der Waals surface area (Å²) >= 11 is 0. The smallest absolute Gasteiger partial charge is 0.123 e. The predicted molar refractivity (Wildman–Crippen MR) is 66.9 cm³/mol. The van der Waals surface area contributed by atoms with Crippen LogP contribution in [0.1, 0.15) is 32.4 Å². The lowest BCUT2D eigenvalue weighted by molar-refractivity contribution is 0.105. The van der Waals surface area contributed by atoms with Crippen molar-refractivity contribution in [3.63, 3.8) is 0 Å². The Morgan fingerprint density at radius 3 is 3.00 bits per heavy atom. The number of hydrogen-bond donors (Lipinski definition) is 1. The Bertz CT molecular complexity index is 351. The van der Waals surface area contributed by atoms with Crippen LogP contribution in [0.5, 0.6) is 0 Å². The third-order valence-electron chi connectivity index (χ3n) is 3.70. The molecule has 1 aliphatic heterocycles. The van der Waals surface area contributed by atoms with E-state index >= 15 is 0 Å². The van der Waals surface area contributed by atoms with Crippen molar-refractivity contribution in [2.45, 2.75) is 39.3 Å². The van der Waals surface area contributed by atoms with Gasteiger partial charge >= 0.3 is 0 Å². The molecule has 3 heteroatoms. The van der Waals surface area contributed by atoms with Crippen LogP contribution >= 0.6 is 0 Å². The second-order valence-electron chi connectivity index (χ2n) is 4.88. The van der Waals surface area contributed by atoms with Crippen molar-refractivity contribution < 1.29 is 0 Å². The van der Waals surface area contributed by atoms with E-state index in [-0.39, 0.29) is 0 Å². The highest BCUT2D eigenvalue weighted by Crippen LogP contribution is 2.24. The molecular formula is C13H21N3. The van der Waals surface area contributed by atoms with Crippen LogP contribution in [0.15, 0.2) is 18.2 Å². The standard InChI is InChI=1S/C13H21N3/c1-10-5-4-8-16(11(10)2)9-12-6-3-7-13(14)15-12/h3,6-7,10-11H,4-5,8-9H2,1-2H3,(H2,14,15). The van der Waals surface area contributed by atoms with Gasteiger partial charge in [-0.2, -0.15) is 0 Å². The summed E-state index contributed by atoms with van der Waals surface area (Å²) in [5, 5.41) is 0. The van der Waals surface area contributed by atoms with Crippen LogP contribution in [0, 0.1) is 5.92 Å². The summed E-state index contributed by atoms with van der Waals surface area (Å²) in [6, 6.07) is 6.53. The van der Waals surface area contributed by atoms with Gasteiger partial charge in [-0.05, 0) is 44.4 Å². The summed E-state index contributed by atoms with van der Waals surface area (Å²) < 4.78 is 0. The molecule has 0 aliphatic carbocycles. The number of anilines is 1. The van der Waals surface area contributed by atoms with Crippen molar-refractivity contribution in [1.82, 2.24) is 9.88 Å². The van der Waals surface area contributed by atoms with Crippen molar-refractivity contribution in [2.75, 3.05) is 12.3 Å². The Hall–Kier alpha value is -1.09. The Labute approximate surface area is 97.7 Å². The van der Waals surface area contributed by atoms with Crippen LogP contribution in [0.2, 0.25) is 0 Å². The van der Waals surface area contributed by atoms with Gasteiger partial charge in [-0.15, -0.1) is 0 Å². The third kappa shape index (κ3) is 2.53. The van der Waals surface area contributed by atoms with E-state index in [9.17, 15) is 0 Å². The highest BCUT2D eigenvalue weighted by Gasteiger charge is 2.24. The first-order valence-corrected chi connectivity index (χ1v) is 6.12. The first-order valence-electron chi connectivity index (χ1n) is 6.12. The summed E-state index contributed by atoms with van der Waals surface area (Å²) in [5.74, 6) is 1.41. The van der Waals surface area contributed by atoms with Gasteiger partial charge in [0.2, 0.25) is 0 Å². The maximum absolute atomic E-state index is 5.70. The van der Waals surface area contributed by atoms with Crippen molar-refractivity contribution in [1.29, 1.82) is 0 Å². The second kappa shape index (κ2) is 4.83. The highest BCUT2D eigenvalue weighted by molar-refractivity contribution is 5.28. The molecule has 1 fully saturated rings. The van der Waals surface area contributed by atoms with Gasteiger partial charge < -0.3 is 5.73 Å². The predicted octanol–water partition coefficient (Wildman–Crippen LogP) is 2.28. The molecular weight excluding hydrogens is 198 g/mol. The number of piperidine rings is 1. The van der Waals surface area contributed by atoms with E-state index in [1.807, 2.05) is 12.1 Å². The van der Waals surface area contributed by atoms with Crippen molar-refractivity contribution in [2.24, 2.45) is 5.92 Å². The number of likely N-dealkylation sites (tertiary alicyclic amines) is 1. The van der Waals surface area contributed by atoms with Gasteiger partial charge in [-0.1, -0.05) is 13.0 Å². The van der Waals surface area contributed by atoms with Crippen LogP contribution in [0.3, 0.4) is 0 Å². The van der Waals surface area contributed by atoms with Gasteiger partial charge in [0, 0.05) is 12.6 Å². The summed E-state index contributed by atoms with van der Waals surface area (Å²) in [6.45, 7) is 6.76. The zero-order valence-corrected chi connectivity index (χ0v) is 10.2. The minimum Gasteiger partial charge on any atom is -0.384 e. The minimum absolute atomic E-state index is 0.621. The largest absolute Gasteiger partial charge is 0.384 e. The molecule has 88 valence electrons. The molecule has 2 unspecified atom stereocenters. The lowest BCUT2D eigenvalue weighted by atomic mass is 9.92. The minimum atomic E-state index is 0.621. The van der Waals surface area contributed by atoms with E-state index in [2.05, 4.69) is 29.8 Å². The molecule has 16 heavy (non-hydrogen) atoms. The fourth-order valence-corrected chi connectivity index (χ4v) is 2.44. The molecule has 0 saturated carbocycles. The molecule has 2 heterocycles. The normalized spacial score (nSPS) is 26.9. The van der Waals surface area contributed by atoms with E-state index in [0.29, 0.717) is 11.9 Å². The van der Waals surface area contributed by atoms with Crippen LogP contribution < -0.4 is 5.73 Å². The SMILES string of the molecule is CC1CCCN(Cc2cccc(N)n2)C1C. The van der Waals surface area contributed by atoms with E-state index in [1.165, 1.54) is 19.4 Å². The maximum atomic E-state index is 5.70. The molecule has 2 N–H and O–H groups in total. The Kier molecular flexibility index (Phi) is 3.44. The summed E-state index contributed by atoms with van der Waals surface area (Å²) in [7, 11) is 0. The molecule has 0 bridgehead atoms. The molecule has 2 atom stereocenters. The van der Waals surface area contributed by atoms with Gasteiger partial charge in [0.1, 0.15) is 5.82 Å². The monoisotopic (exact) mass is 219 g/mol. The number of nitrogens with zero attached hydrogens (tertiary/aromatic N) is 2. The van der Waals surface area contributed by atoms with Crippen LogP contribution in [0.25, 0.3) is 0 Å². The Morgan fingerprint density at radius 2 is 2.25 bits per heavy atom. The number of nitrogens with two attached hydrogens (primary N) is 1. The van der Waals surface area contributed by atoms with Gasteiger partial charge in [0.25, 0.3) is 0 Å². The fourth-order valence-electron chi connectivity index (χ4n) is 2.44. The quantitative estimate of drug-likeness (QED) is 0.829. The Balaban J connectivity index is 2.03. The molecule has 1 saturated heterocycles. The summed E-state index contributed by atoms with van der Waals surface area (Å²) in [4.78, 5) is 6.87. The lowest BCUT2D eigenvalue weighted by Gasteiger charge is -2.37. The summed E-state index contributed by atoms with van der Waals surface area (Å²) in [5.41, 5.74) is 6.78. The molecule has 3 nitrogen and oxygen atoms in total. The zero-order chi connectivity index (χ0) is 11.5. The zero-order valence-electron chi connectivity index (χ0n) is 10.2. The van der Waals surface area contributed by atoms with E-state index in [4.69, 9.17) is 5.73 Å². The van der Waals surface area contributed by atoms with Gasteiger partial charge in [-0.25, -0.2) is 4.98 Å². The molecule has 1 aromatic heterocycles. The van der Waals surface area contributed by atoms with Crippen LogP contribution in [0.4, 0.5) is 5.82 Å². The van der Waals surface area contributed by atoms with Crippen molar-refractivity contribution in [3.8, 4) is 0 Å². The topological polar surface area (TPSA) is 42.1 Å². The third-order valence-corrected chi connectivity index (χ3v) is 3.70. The molecule has 0 aromatic carbocycles. The fraction of sp³-hybridized carbons (Fsp3) is 0.615. The number of nitrogen functional groups attached to an aromatic ring is 1. The van der Waals surface area contributed by atoms with Gasteiger partial charge in [0.05, 0.1) is 5.69 Å². The molecule has 1 aromatic rings. The molecule has 0 spiro atoms.